The zero-order valence-electron chi connectivity index (χ0n) is 10.1. The normalized spacial score (nSPS) is 11.6. The third kappa shape index (κ3) is 10.0. The van der Waals surface area contributed by atoms with Gasteiger partial charge in [-0.3, -0.25) is 0 Å². The van der Waals surface area contributed by atoms with Crippen molar-refractivity contribution in [3.8, 4) is 0 Å². The number of aliphatic hydroxyl groups is 1. The lowest BCUT2D eigenvalue weighted by Gasteiger charge is -2.14. The predicted molar refractivity (Wildman–Crippen MR) is 62.5 cm³/mol. The zero-order chi connectivity index (χ0) is 10.8. The van der Waals surface area contributed by atoms with Crippen LogP contribution in [0.3, 0.4) is 0 Å². The van der Waals surface area contributed by atoms with Crippen molar-refractivity contribution in [1.29, 1.82) is 0 Å². The first-order chi connectivity index (χ1) is 6.66. The summed E-state index contributed by atoms with van der Waals surface area (Å²) < 4.78 is 0. The van der Waals surface area contributed by atoms with Crippen LogP contribution in [0.2, 0.25) is 0 Å². The standard InChI is InChI=1S/C12H27NO/c1-12(2)8-6-4-5-7-9-13(3)10-11-14/h12,14H,4-11H2,1-3H3. The fourth-order valence-electron chi connectivity index (χ4n) is 1.57. The van der Waals surface area contributed by atoms with Crippen LogP contribution in [0.25, 0.3) is 0 Å². The molecule has 0 heterocycles. The van der Waals surface area contributed by atoms with Gasteiger partial charge in [0.1, 0.15) is 0 Å². The largest absolute Gasteiger partial charge is 0.395 e. The van der Waals surface area contributed by atoms with E-state index in [2.05, 4.69) is 25.8 Å². The maximum Gasteiger partial charge on any atom is 0.0558 e. The van der Waals surface area contributed by atoms with Crippen molar-refractivity contribution in [3.05, 3.63) is 0 Å². The van der Waals surface area contributed by atoms with E-state index in [9.17, 15) is 0 Å². The maximum atomic E-state index is 8.70. The van der Waals surface area contributed by atoms with Crippen molar-refractivity contribution in [3.63, 3.8) is 0 Å². The summed E-state index contributed by atoms with van der Waals surface area (Å²) in [6.07, 6.45) is 6.72. The smallest absolute Gasteiger partial charge is 0.0558 e. The molecular formula is C12H27NO. The van der Waals surface area contributed by atoms with Crippen LogP contribution >= 0.6 is 0 Å². The van der Waals surface area contributed by atoms with Crippen molar-refractivity contribution in [1.82, 2.24) is 4.90 Å². The average Bonchev–Trinajstić information content (AvgIpc) is 2.11. The van der Waals surface area contributed by atoms with E-state index in [1.54, 1.807) is 0 Å². The van der Waals surface area contributed by atoms with E-state index in [-0.39, 0.29) is 6.61 Å². The Labute approximate surface area is 89.3 Å². The fraction of sp³-hybridized carbons (Fsp3) is 1.00. The summed E-state index contributed by atoms with van der Waals surface area (Å²) in [7, 11) is 2.07. The van der Waals surface area contributed by atoms with Gasteiger partial charge in [0.25, 0.3) is 0 Å². The highest BCUT2D eigenvalue weighted by atomic mass is 16.3. The Morgan fingerprint density at radius 1 is 1.00 bits per heavy atom. The minimum absolute atomic E-state index is 0.282. The molecule has 0 spiro atoms. The number of rotatable bonds is 9. The highest BCUT2D eigenvalue weighted by Gasteiger charge is 1.97. The Kier molecular flexibility index (Phi) is 9.42. The molecule has 2 nitrogen and oxygen atoms in total. The number of likely N-dealkylation sites (N-methyl/N-ethyl adjacent to an activating group) is 1. The van der Waals surface area contributed by atoms with Crippen molar-refractivity contribution in [2.75, 3.05) is 26.7 Å². The van der Waals surface area contributed by atoms with E-state index in [1.165, 1.54) is 32.1 Å². The minimum Gasteiger partial charge on any atom is -0.395 e. The molecule has 2 heteroatoms. The van der Waals surface area contributed by atoms with E-state index >= 15 is 0 Å². The molecule has 0 aliphatic heterocycles. The molecule has 0 bridgehead atoms. The van der Waals surface area contributed by atoms with Gasteiger partial charge in [0.15, 0.2) is 0 Å². The van der Waals surface area contributed by atoms with Crippen LogP contribution in [-0.4, -0.2) is 36.8 Å². The van der Waals surface area contributed by atoms with Crippen LogP contribution in [0.1, 0.15) is 46.0 Å². The number of nitrogens with zero attached hydrogens (tertiary/aromatic N) is 1. The van der Waals surface area contributed by atoms with Crippen molar-refractivity contribution >= 4 is 0 Å². The molecule has 0 aromatic carbocycles. The quantitative estimate of drug-likeness (QED) is 0.579. The summed E-state index contributed by atoms with van der Waals surface area (Å²) in [5, 5.41) is 8.70. The van der Waals surface area contributed by atoms with Gasteiger partial charge in [-0.2, -0.15) is 0 Å². The molecule has 0 unspecified atom stereocenters. The number of hydrogen-bond donors (Lipinski definition) is 1. The zero-order valence-corrected chi connectivity index (χ0v) is 10.1. The van der Waals surface area contributed by atoms with Crippen molar-refractivity contribution in [2.45, 2.75) is 46.0 Å². The minimum atomic E-state index is 0.282. The van der Waals surface area contributed by atoms with Gasteiger partial charge in [-0.25, -0.2) is 0 Å². The summed E-state index contributed by atoms with van der Waals surface area (Å²) in [6.45, 7) is 6.79. The molecule has 1 N–H and O–H groups in total. The Balaban J connectivity index is 3.05. The third-order valence-electron chi connectivity index (χ3n) is 2.55. The number of unbranched alkanes of at least 4 members (excludes halogenated alkanes) is 3. The van der Waals surface area contributed by atoms with Gasteiger partial charge in [0.05, 0.1) is 6.61 Å². The highest BCUT2D eigenvalue weighted by molar-refractivity contribution is 4.52. The molecule has 0 aromatic rings. The molecule has 0 saturated heterocycles. The summed E-state index contributed by atoms with van der Waals surface area (Å²) in [5.74, 6) is 0.854. The average molecular weight is 201 g/mol. The lowest BCUT2D eigenvalue weighted by molar-refractivity contribution is 0.219. The fourth-order valence-corrected chi connectivity index (χ4v) is 1.57. The van der Waals surface area contributed by atoms with Crippen LogP contribution < -0.4 is 0 Å². The van der Waals surface area contributed by atoms with Gasteiger partial charge in [-0.05, 0) is 25.9 Å². The van der Waals surface area contributed by atoms with Gasteiger partial charge in [-0.15, -0.1) is 0 Å². The monoisotopic (exact) mass is 201 g/mol. The van der Waals surface area contributed by atoms with Crippen LogP contribution in [-0.2, 0) is 0 Å². The van der Waals surface area contributed by atoms with Crippen molar-refractivity contribution in [2.24, 2.45) is 5.92 Å². The molecular weight excluding hydrogens is 174 g/mol. The second-order valence-electron chi connectivity index (χ2n) is 4.62. The first-order valence-corrected chi connectivity index (χ1v) is 5.96. The Hall–Kier alpha value is -0.0800. The maximum absolute atomic E-state index is 8.70. The summed E-state index contributed by atoms with van der Waals surface area (Å²) in [4.78, 5) is 2.20. The highest BCUT2D eigenvalue weighted by Crippen LogP contribution is 2.09. The van der Waals surface area contributed by atoms with Gasteiger partial charge >= 0.3 is 0 Å². The lowest BCUT2D eigenvalue weighted by Crippen LogP contribution is -2.23. The summed E-state index contributed by atoms with van der Waals surface area (Å²) in [6, 6.07) is 0. The van der Waals surface area contributed by atoms with Crippen LogP contribution in [0.5, 0.6) is 0 Å². The first-order valence-electron chi connectivity index (χ1n) is 5.96. The van der Waals surface area contributed by atoms with E-state index in [0.717, 1.165) is 19.0 Å². The number of hydrogen-bond acceptors (Lipinski definition) is 2. The third-order valence-corrected chi connectivity index (χ3v) is 2.55. The Morgan fingerprint density at radius 3 is 2.21 bits per heavy atom. The van der Waals surface area contributed by atoms with Crippen LogP contribution in [0.15, 0.2) is 0 Å². The Bertz CT molecular complexity index is 115. The second kappa shape index (κ2) is 9.47. The van der Waals surface area contributed by atoms with Gasteiger partial charge in [0.2, 0.25) is 0 Å². The van der Waals surface area contributed by atoms with Gasteiger partial charge in [-0.1, -0.05) is 39.5 Å². The lowest BCUT2D eigenvalue weighted by atomic mass is 10.0. The summed E-state index contributed by atoms with van der Waals surface area (Å²) in [5.41, 5.74) is 0. The molecule has 0 atom stereocenters. The molecule has 14 heavy (non-hydrogen) atoms. The molecule has 0 aliphatic rings. The SMILES string of the molecule is CC(C)CCCCCCN(C)CCO. The van der Waals surface area contributed by atoms with Crippen LogP contribution in [0, 0.1) is 5.92 Å². The molecule has 0 saturated carbocycles. The predicted octanol–water partition coefficient (Wildman–Crippen LogP) is 2.52. The van der Waals surface area contributed by atoms with Crippen molar-refractivity contribution < 1.29 is 5.11 Å². The topological polar surface area (TPSA) is 23.5 Å². The molecule has 0 fully saturated rings. The van der Waals surface area contributed by atoms with Crippen LogP contribution in [0.4, 0.5) is 0 Å². The second-order valence-corrected chi connectivity index (χ2v) is 4.62. The van der Waals surface area contributed by atoms with E-state index < -0.39 is 0 Å². The molecule has 0 aromatic heterocycles. The summed E-state index contributed by atoms with van der Waals surface area (Å²) >= 11 is 0. The molecule has 86 valence electrons. The number of aliphatic hydroxyl groups excluding tert-OH is 1. The van der Waals surface area contributed by atoms with Gasteiger partial charge < -0.3 is 10.0 Å². The first kappa shape index (κ1) is 13.9. The van der Waals surface area contributed by atoms with E-state index in [1.807, 2.05) is 0 Å². The van der Waals surface area contributed by atoms with E-state index in [0.29, 0.717) is 0 Å². The molecule has 0 radical (unpaired) electrons. The van der Waals surface area contributed by atoms with E-state index in [4.69, 9.17) is 5.11 Å². The Morgan fingerprint density at radius 2 is 1.64 bits per heavy atom. The molecule has 0 aliphatic carbocycles. The molecule has 0 amide bonds. The van der Waals surface area contributed by atoms with Gasteiger partial charge in [0, 0.05) is 6.54 Å². The molecule has 0 rings (SSSR count).